The van der Waals surface area contributed by atoms with E-state index >= 15 is 0 Å². The first kappa shape index (κ1) is 18.3. The minimum atomic E-state index is -0.945. The Hall–Kier alpha value is -2.71. The Balaban J connectivity index is 1.62. The normalized spacial score (nSPS) is 31.4. The molecule has 2 nitrogen and oxygen atoms in total. The minimum Gasteiger partial charge on any atom is -0.385 e. The van der Waals surface area contributed by atoms with Gasteiger partial charge < -0.3 is 5.11 Å². The van der Waals surface area contributed by atoms with Crippen LogP contribution in [0.15, 0.2) is 91.0 Å². The zero-order chi connectivity index (χ0) is 19.8. The fourth-order valence-corrected chi connectivity index (χ4v) is 5.78. The summed E-state index contributed by atoms with van der Waals surface area (Å²) in [6.07, 6.45) is 1.84. The Morgan fingerprint density at radius 3 is 1.79 bits per heavy atom. The first-order chi connectivity index (χ1) is 14.2. The number of carbonyl (C=O) groups is 1. The molecular weight excluding hydrogens is 356 g/mol. The molecule has 0 aliphatic heterocycles. The molecule has 0 heterocycles. The third kappa shape index (κ3) is 3.12. The predicted molar refractivity (Wildman–Crippen MR) is 115 cm³/mol. The topological polar surface area (TPSA) is 37.3 Å². The van der Waals surface area contributed by atoms with Gasteiger partial charge in [-0.15, -0.1) is 0 Å². The minimum absolute atomic E-state index is 0.00801. The highest BCUT2D eigenvalue weighted by Crippen LogP contribution is 2.58. The van der Waals surface area contributed by atoms with Crippen molar-refractivity contribution in [3.05, 3.63) is 108 Å². The second-order valence-electron chi connectivity index (χ2n) is 8.65. The van der Waals surface area contributed by atoms with E-state index in [2.05, 4.69) is 24.3 Å². The highest BCUT2D eigenvalue weighted by molar-refractivity contribution is 5.84. The van der Waals surface area contributed by atoms with Crippen LogP contribution in [0.5, 0.6) is 0 Å². The summed E-state index contributed by atoms with van der Waals surface area (Å²) < 4.78 is 0. The lowest BCUT2D eigenvalue weighted by molar-refractivity contribution is -0.143. The number of Topliss-reactive ketones (excluding diaryl/α,β-unsaturated/α-hetero) is 1. The number of fused-ring (bicyclic) bond motifs is 2. The molecule has 0 unspecified atom stereocenters. The Kier molecular flexibility index (Phi) is 4.60. The molecule has 0 radical (unpaired) electrons. The average molecular weight is 383 g/mol. The summed E-state index contributed by atoms with van der Waals surface area (Å²) in [6, 6.07) is 30.6. The molecule has 3 aromatic carbocycles. The quantitative estimate of drug-likeness (QED) is 0.655. The highest BCUT2D eigenvalue weighted by Gasteiger charge is 2.55. The molecule has 29 heavy (non-hydrogen) atoms. The smallest absolute Gasteiger partial charge is 0.137 e. The van der Waals surface area contributed by atoms with E-state index in [0.29, 0.717) is 18.6 Å². The van der Waals surface area contributed by atoms with E-state index in [9.17, 15) is 9.90 Å². The molecule has 0 aromatic heterocycles. The van der Waals surface area contributed by atoms with E-state index in [1.165, 1.54) is 0 Å². The molecule has 0 saturated heterocycles. The summed E-state index contributed by atoms with van der Waals surface area (Å²) in [5, 5.41) is 12.2. The van der Waals surface area contributed by atoms with Crippen LogP contribution in [-0.2, 0) is 10.4 Å². The second-order valence-corrected chi connectivity index (χ2v) is 8.65. The van der Waals surface area contributed by atoms with E-state index in [1.807, 2.05) is 66.7 Å². The van der Waals surface area contributed by atoms with Crippen LogP contribution in [0.25, 0.3) is 0 Å². The van der Waals surface area contributed by atoms with Crippen LogP contribution >= 0.6 is 0 Å². The van der Waals surface area contributed by atoms with Gasteiger partial charge in [-0.3, -0.25) is 4.79 Å². The van der Waals surface area contributed by atoms with Crippen molar-refractivity contribution in [3.8, 4) is 0 Å². The van der Waals surface area contributed by atoms with Gasteiger partial charge >= 0.3 is 0 Å². The summed E-state index contributed by atoms with van der Waals surface area (Å²) in [5.41, 5.74) is 2.35. The van der Waals surface area contributed by atoms with Crippen LogP contribution in [0.4, 0.5) is 0 Å². The van der Waals surface area contributed by atoms with E-state index in [1.54, 1.807) is 0 Å². The molecule has 2 heteroatoms. The Bertz CT molecular complexity index is 945. The maximum Gasteiger partial charge on any atom is 0.137 e. The van der Waals surface area contributed by atoms with Gasteiger partial charge in [0.15, 0.2) is 0 Å². The van der Waals surface area contributed by atoms with Crippen LogP contribution in [-0.4, -0.2) is 10.9 Å². The van der Waals surface area contributed by atoms with Crippen LogP contribution in [0.3, 0.4) is 0 Å². The van der Waals surface area contributed by atoms with Gasteiger partial charge in [0.05, 0.1) is 5.60 Å². The van der Waals surface area contributed by atoms with Crippen molar-refractivity contribution >= 4 is 5.78 Å². The Labute approximate surface area is 172 Å². The number of benzene rings is 3. The van der Waals surface area contributed by atoms with Gasteiger partial charge in [-0.05, 0) is 47.3 Å². The summed E-state index contributed by atoms with van der Waals surface area (Å²) in [7, 11) is 0. The average Bonchev–Trinajstić information content (AvgIpc) is 2.79. The van der Waals surface area contributed by atoms with Crippen molar-refractivity contribution in [2.75, 3.05) is 0 Å². The zero-order valence-electron chi connectivity index (χ0n) is 16.4. The number of hydrogen-bond acceptors (Lipinski definition) is 2. The summed E-state index contributed by atoms with van der Waals surface area (Å²) in [6.45, 7) is 0. The maximum atomic E-state index is 13.2. The monoisotopic (exact) mass is 382 g/mol. The number of rotatable bonds is 3. The van der Waals surface area contributed by atoms with Crippen molar-refractivity contribution in [3.63, 3.8) is 0 Å². The highest BCUT2D eigenvalue weighted by atomic mass is 16.3. The Morgan fingerprint density at radius 1 is 0.690 bits per heavy atom. The van der Waals surface area contributed by atoms with E-state index in [-0.39, 0.29) is 23.7 Å². The standard InChI is InChI=1S/C27H26O2/c28-26-17-22(19-10-4-1-5-11-19)25-16-23(26)24(20-12-6-2-7-13-20)18-27(25,29)21-14-8-3-9-15-21/h1-15,22-25,29H,16-18H2/t22-,23+,24-,25+,27+/m0/s1. The summed E-state index contributed by atoms with van der Waals surface area (Å²) >= 11 is 0. The van der Waals surface area contributed by atoms with E-state index in [0.717, 1.165) is 23.1 Å². The van der Waals surface area contributed by atoms with Crippen LogP contribution in [0.1, 0.15) is 47.8 Å². The third-order valence-electron chi connectivity index (χ3n) is 7.19. The summed E-state index contributed by atoms with van der Waals surface area (Å²) in [5.74, 6) is 0.490. The maximum absolute atomic E-state index is 13.2. The van der Waals surface area contributed by atoms with Crippen LogP contribution in [0.2, 0.25) is 0 Å². The van der Waals surface area contributed by atoms with E-state index in [4.69, 9.17) is 0 Å². The molecule has 2 saturated carbocycles. The van der Waals surface area contributed by atoms with Gasteiger partial charge in [0.2, 0.25) is 0 Å². The van der Waals surface area contributed by atoms with Crippen molar-refractivity contribution in [1.82, 2.24) is 0 Å². The fraction of sp³-hybridized carbons (Fsp3) is 0.296. The van der Waals surface area contributed by atoms with Crippen molar-refractivity contribution in [2.45, 2.75) is 36.7 Å². The van der Waals surface area contributed by atoms with Crippen molar-refractivity contribution in [1.29, 1.82) is 0 Å². The lowest BCUT2D eigenvalue weighted by Crippen LogP contribution is -2.51. The Morgan fingerprint density at radius 2 is 1.21 bits per heavy atom. The van der Waals surface area contributed by atoms with Crippen molar-refractivity contribution < 1.29 is 9.90 Å². The number of hydrogen-bond donors (Lipinski definition) is 1. The molecule has 0 spiro atoms. The van der Waals surface area contributed by atoms with Gasteiger partial charge in [-0.2, -0.15) is 0 Å². The first-order valence-corrected chi connectivity index (χ1v) is 10.6. The molecule has 5 atom stereocenters. The van der Waals surface area contributed by atoms with Gasteiger partial charge in [0.25, 0.3) is 0 Å². The number of carbonyl (C=O) groups excluding carboxylic acids is 1. The lowest BCUT2D eigenvalue weighted by Gasteiger charge is -2.53. The first-order valence-electron chi connectivity index (χ1n) is 10.6. The molecule has 0 amide bonds. The summed E-state index contributed by atoms with van der Waals surface area (Å²) in [4.78, 5) is 13.2. The molecule has 2 fully saturated rings. The van der Waals surface area contributed by atoms with Gasteiger partial charge in [0.1, 0.15) is 5.78 Å². The fourth-order valence-electron chi connectivity index (χ4n) is 5.78. The van der Waals surface area contributed by atoms with Gasteiger partial charge in [0, 0.05) is 12.3 Å². The lowest BCUT2D eigenvalue weighted by atomic mass is 9.52. The zero-order valence-corrected chi connectivity index (χ0v) is 16.4. The molecule has 146 valence electrons. The van der Waals surface area contributed by atoms with Gasteiger partial charge in [-0.1, -0.05) is 91.0 Å². The van der Waals surface area contributed by atoms with Gasteiger partial charge in [-0.25, -0.2) is 0 Å². The molecule has 2 aliphatic rings. The molecular formula is C27H26O2. The second kappa shape index (κ2) is 7.27. The SMILES string of the molecule is O=C1C[C@@H](c2ccccc2)[C@H]2C[C@@H]1[C@H](c1ccccc1)C[C@@]2(O)c1ccccc1. The largest absolute Gasteiger partial charge is 0.385 e. The molecule has 5 rings (SSSR count). The number of aliphatic hydroxyl groups is 1. The predicted octanol–water partition coefficient (Wildman–Crippen LogP) is 5.44. The van der Waals surface area contributed by atoms with E-state index < -0.39 is 5.60 Å². The van der Waals surface area contributed by atoms with Crippen LogP contribution in [0, 0.1) is 11.8 Å². The molecule has 2 aliphatic carbocycles. The third-order valence-corrected chi connectivity index (χ3v) is 7.19. The number of ketones is 1. The molecule has 1 N–H and O–H groups in total. The van der Waals surface area contributed by atoms with Crippen LogP contribution < -0.4 is 0 Å². The van der Waals surface area contributed by atoms with Crippen molar-refractivity contribution in [2.24, 2.45) is 11.8 Å². The molecule has 2 bridgehead atoms. The molecule has 3 aromatic rings.